The first-order valence-electron chi connectivity index (χ1n) is 6.74. The predicted molar refractivity (Wildman–Crippen MR) is 78.0 cm³/mol. The number of ether oxygens (including phenoxy) is 2. The van der Waals surface area contributed by atoms with Gasteiger partial charge in [-0.1, -0.05) is 28.8 Å². The van der Waals surface area contributed by atoms with Crippen LogP contribution >= 0.6 is 15.9 Å². The van der Waals surface area contributed by atoms with Crippen molar-refractivity contribution in [3.63, 3.8) is 0 Å². The molecule has 1 radical (unpaired) electrons. The third kappa shape index (κ3) is 13.6. The largest absolute Gasteiger partial charge is 0.466 e. The van der Waals surface area contributed by atoms with Crippen LogP contribution in [0.15, 0.2) is 0 Å². The highest BCUT2D eigenvalue weighted by Gasteiger charge is 2.12. The van der Waals surface area contributed by atoms with Gasteiger partial charge in [-0.05, 0) is 25.7 Å². The van der Waals surface area contributed by atoms with Crippen LogP contribution in [0, 0.1) is 6.42 Å². The molecule has 0 aliphatic rings. The fourth-order valence-electron chi connectivity index (χ4n) is 1.71. The molecule has 1 unspecified atom stereocenters. The van der Waals surface area contributed by atoms with Gasteiger partial charge in [0.05, 0.1) is 6.61 Å². The second-order valence-electron chi connectivity index (χ2n) is 4.45. The monoisotopic (exact) mass is 335 g/mol. The molecule has 0 aliphatic carbocycles. The van der Waals surface area contributed by atoms with Crippen molar-refractivity contribution in [3.8, 4) is 0 Å². The van der Waals surface area contributed by atoms with E-state index in [0.717, 1.165) is 24.6 Å². The summed E-state index contributed by atoms with van der Waals surface area (Å²) in [5, 5.41) is 1.04. The van der Waals surface area contributed by atoms with Crippen LogP contribution in [0.4, 0.5) is 0 Å². The quantitative estimate of drug-likeness (QED) is 0.330. The molecule has 0 aliphatic heterocycles. The number of hydrogen-bond donors (Lipinski definition) is 0. The van der Waals surface area contributed by atoms with Gasteiger partial charge in [0.25, 0.3) is 0 Å². The summed E-state index contributed by atoms with van der Waals surface area (Å²) in [7, 11) is 0. The van der Waals surface area contributed by atoms with E-state index in [-0.39, 0.29) is 24.6 Å². The molecule has 0 fully saturated rings. The van der Waals surface area contributed by atoms with Gasteiger partial charge in [0.1, 0.15) is 6.10 Å². The predicted octanol–water partition coefficient (Wildman–Crippen LogP) is 3.42. The zero-order valence-corrected chi connectivity index (χ0v) is 13.4. The Bertz CT molecular complexity index is 256. The van der Waals surface area contributed by atoms with Crippen molar-refractivity contribution in [2.45, 2.75) is 58.5 Å². The van der Waals surface area contributed by atoms with E-state index in [1.807, 2.05) is 6.42 Å². The molecule has 0 spiro atoms. The summed E-state index contributed by atoms with van der Waals surface area (Å²) in [5.74, 6) is -0.554. The molecule has 0 heterocycles. The summed E-state index contributed by atoms with van der Waals surface area (Å²) in [6.07, 6.45) is 7.79. The number of esters is 2. The van der Waals surface area contributed by atoms with E-state index in [4.69, 9.17) is 9.47 Å². The van der Waals surface area contributed by atoms with E-state index in [1.54, 1.807) is 0 Å². The number of carbonyl (C=O) groups excluding carboxylic acids is 2. The van der Waals surface area contributed by atoms with Crippen molar-refractivity contribution in [2.75, 3.05) is 11.9 Å². The summed E-state index contributed by atoms with van der Waals surface area (Å²) in [6.45, 7) is 3.07. The Morgan fingerprint density at radius 2 is 1.79 bits per heavy atom. The standard InChI is InChI=1S/C14H24BrO4/c1-12(16)18-11-7-9-14(19-13(2)17)8-5-3-4-6-10-15/h7,14H,3-6,8-11H2,1-2H3. The van der Waals surface area contributed by atoms with Crippen LogP contribution in [0.5, 0.6) is 0 Å². The SMILES string of the molecule is CC(=O)OC[CH]CC(CCCCCCBr)OC(C)=O. The van der Waals surface area contributed by atoms with E-state index in [0.29, 0.717) is 6.42 Å². The molecular formula is C14H24BrO4. The van der Waals surface area contributed by atoms with E-state index >= 15 is 0 Å². The van der Waals surface area contributed by atoms with Gasteiger partial charge in [0, 0.05) is 25.6 Å². The Kier molecular flexibility index (Phi) is 12.1. The third-order valence-corrected chi connectivity index (χ3v) is 3.14. The topological polar surface area (TPSA) is 52.6 Å². The minimum absolute atomic E-state index is 0.1000. The zero-order chi connectivity index (χ0) is 14.5. The van der Waals surface area contributed by atoms with Crippen LogP contribution in [0.2, 0.25) is 0 Å². The molecule has 111 valence electrons. The van der Waals surface area contributed by atoms with Crippen LogP contribution < -0.4 is 0 Å². The fraction of sp³-hybridized carbons (Fsp3) is 0.786. The summed E-state index contributed by atoms with van der Waals surface area (Å²) in [4.78, 5) is 21.6. The molecule has 0 saturated carbocycles. The molecule has 0 N–H and O–H groups in total. The molecule has 0 bridgehead atoms. The van der Waals surface area contributed by atoms with E-state index in [1.165, 1.54) is 26.7 Å². The average molecular weight is 336 g/mol. The smallest absolute Gasteiger partial charge is 0.302 e. The minimum Gasteiger partial charge on any atom is -0.466 e. The fourth-order valence-corrected chi connectivity index (χ4v) is 2.11. The summed E-state index contributed by atoms with van der Waals surface area (Å²) >= 11 is 3.40. The Morgan fingerprint density at radius 3 is 2.37 bits per heavy atom. The number of alkyl halides is 1. The molecule has 1 atom stereocenters. The van der Waals surface area contributed by atoms with Gasteiger partial charge in [-0.25, -0.2) is 0 Å². The molecule has 0 aromatic carbocycles. The first kappa shape index (κ1) is 18.4. The number of carbonyl (C=O) groups is 2. The van der Waals surface area contributed by atoms with Crippen molar-refractivity contribution in [1.82, 2.24) is 0 Å². The molecule has 0 aromatic rings. The van der Waals surface area contributed by atoms with Crippen molar-refractivity contribution in [2.24, 2.45) is 0 Å². The van der Waals surface area contributed by atoms with Gasteiger partial charge >= 0.3 is 11.9 Å². The summed E-state index contributed by atoms with van der Waals surface area (Å²) in [5.41, 5.74) is 0. The van der Waals surface area contributed by atoms with Crippen LogP contribution in [0.3, 0.4) is 0 Å². The average Bonchev–Trinajstić information content (AvgIpc) is 2.33. The molecular weight excluding hydrogens is 312 g/mol. The lowest BCUT2D eigenvalue weighted by Crippen LogP contribution is -2.17. The third-order valence-electron chi connectivity index (χ3n) is 2.58. The highest BCUT2D eigenvalue weighted by Crippen LogP contribution is 2.13. The molecule has 0 aromatic heterocycles. The van der Waals surface area contributed by atoms with Crippen molar-refractivity contribution in [3.05, 3.63) is 6.42 Å². The van der Waals surface area contributed by atoms with Gasteiger partial charge in [0.15, 0.2) is 0 Å². The number of hydrogen-bond acceptors (Lipinski definition) is 4. The summed E-state index contributed by atoms with van der Waals surface area (Å²) in [6, 6.07) is 0. The van der Waals surface area contributed by atoms with E-state index in [2.05, 4.69) is 15.9 Å². The first-order valence-corrected chi connectivity index (χ1v) is 7.86. The highest BCUT2D eigenvalue weighted by atomic mass is 79.9. The Balaban J connectivity index is 3.75. The second-order valence-corrected chi connectivity index (χ2v) is 5.24. The van der Waals surface area contributed by atoms with Gasteiger partial charge in [-0.2, -0.15) is 0 Å². The van der Waals surface area contributed by atoms with E-state index < -0.39 is 0 Å². The molecule has 19 heavy (non-hydrogen) atoms. The lowest BCUT2D eigenvalue weighted by Gasteiger charge is -2.16. The van der Waals surface area contributed by atoms with Gasteiger partial charge in [0.2, 0.25) is 0 Å². The number of halogens is 1. The Hall–Kier alpha value is -0.580. The Morgan fingerprint density at radius 1 is 1.11 bits per heavy atom. The molecule has 0 saturated heterocycles. The Labute approximate surface area is 124 Å². The minimum atomic E-state index is -0.296. The zero-order valence-electron chi connectivity index (χ0n) is 11.8. The lowest BCUT2D eigenvalue weighted by atomic mass is 10.1. The number of unbranched alkanes of at least 4 members (excludes halogenated alkanes) is 3. The lowest BCUT2D eigenvalue weighted by molar-refractivity contribution is -0.147. The van der Waals surface area contributed by atoms with Crippen LogP contribution in [-0.2, 0) is 19.1 Å². The normalized spacial score (nSPS) is 11.9. The van der Waals surface area contributed by atoms with Crippen molar-refractivity contribution >= 4 is 27.9 Å². The van der Waals surface area contributed by atoms with Gasteiger partial charge in [-0.15, -0.1) is 0 Å². The van der Waals surface area contributed by atoms with Crippen LogP contribution in [-0.4, -0.2) is 30.0 Å². The highest BCUT2D eigenvalue weighted by molar-refractivity contribution is 9.09. The molecule has 4 nitrogen and oxygen atoms in total. The second kappa shape index (κ2) is 12.5. The van der Waals surface area contributed by atoms with Gasteiger partial charge in [-0.3, -0.25) is 9.59 Å². The summed E-state index contributed by atoms with van der Waals surface area (Å²) < 4.78 is 10.1. The maximum atomic E-state index is 11.0. The maximum absolute atomic E-state index is 11.0. The van der Waals surface area contributed by atoms with Crippen molar-refractivity contribution in [1.29, 1.82) is 0 Å². The molecule has 5 heteroatoms. The molecule has 0 amide bonds. The first-order chi connectivity index (χ1) is 9.06. The number of rotatable bonds is 11. The van der Waals surface area contributed by atoms with Crippen LogP contribution in [0.1, 0.15) is 52.4 Å². The van der Waals surface area contributed by atoms with Crippen molar-refractivity contribution < 1.29 is 19.1 Å². The maximum Gasteiger partial charge on any atom is 0.302 e. The van der Waals surface area contributed by atoms with E-state index in [9.17, 15) is 9.59 Å². The molecule has 0 rings (SSSR count). The van der Waals surface area contributed by atoms with Crippen LogP contribution in [0.25, 0.3) is 0 Å². The van der Waals surface area contributed by atoms with Gasteiger partial charge < -0.3 is 9.47 Å².